The van der Waals surface area contributed by atoms with Crippen LogP contribution in [0.25, 0.3) is 20.9 Å². The van der Waals surface area contributed by atoms with E-state index >= 15 is 0 Å². The van der Waals surface area contributed by atoms with Crippen LogP contribution in [-0.2, 0) is 0 Å². The van der Waals surface area contributed by atoms with Crippen LogP contribution in [0.3, 0.4) is 0 Å². The molecular weight excluding hydrogens is 336 g/mol. The number of benzene rings is 2. The fourth-order valence-electron chi connectivity index (χ4n) is 2.02. The van der Waals surface area contributed by atoms with Crippen molar-refractivity contribution in [2.45, 2.75) is 0 Å². The lowest BCUT2D eigenvalue weighted by Crippen LogP contribution is -1.91. The van der Waals surface area contributed by atoms with Crippen molar-refractivity contribution in [1.82, 2.24) is 0 Å². The summed E-state index contributed by atoms with van der Waals surface area (Å²) in [5.74, 6) is -0.985. The third-order valence-electron chi connectivity index (χ3n) is 2.78. The zero-order chi connectivity index (χ0) is 12.9. The smallest absolute Gasteiger partial charge is 0.347 e. The number of hydrogen-bond acceptors (Lipinski definition) is 2. The third kappa shape index (κ3) is 1.64. The molecule has 0 saturated heterocycles. The first-order valence-corrected chi connectivity index (χ1v) is 7.11. The van der Waals surface area contributed by atoms with Gasteiger partial charge in [-0.05, 0) is 16.8 Å². The fraction of sp³-hybridized carbons (Fsp3) is 0. The van der Waals surface area contributed by atoms with Gasteiger partial charge in [-0.25, -0.2) is 4.79 Å². The Balaban J connectivity index is 2.57. The SMILES string of the molecule is O=C(O)c1sc2cc(Br)c3ccccc3c2c1Cl. The summed E-state index contributed by atoms with van der Waals surface area (Å²) in [6.45, 7) is 0. The maximum Gasteiger partial charge on any atom is 0.347 e. The van der Waals surface area contributed by atoms with E-state index in [-0.39, 0.29) is 4.88 Å². The van der Waals surface area contributed by atoms with Gasteiger partial charge >= 0.3 is 5.97 Å². The van der Waals surface area contributed by atoms with Gasteiger partial charge in [0.2, 0.25) is 0 Å². The number of hydrogen-bond donors (Lipinski definition) is 1. The second-order valence-corrected chi connectivity index (χ2v) is 6.11. The van der Waals surface area contributed by atoms with Crippen LogP contribution in [0, 0.1) is 0 Å². The molecule has 0 atom stereocenters. The van der Waals surface area contributed by atoms with Crippen molar-refractivity contribution in [1.29, 1.82) is 0 Å². The van der Waals surface area contributed by atoms with E-state index in [1.165, 1.54) is 11.3 Å². The van der Waals surface area contributed by atoms with Crippen LogP contribution in [0.4, 0.5) is 0 Å². The van der Waals surface area contributed by atoms with E-state index in [0.717, 1.165) is 25.3 Å². The Morgan fingerprint density at radius 2 is 1.94 bits per heavy atom. The second kappa shape index (κ2) is 4.23. The molecule has 0 aliphatic rings. The number of rotatable bonds is 1. The summed E-state index contributed by atoms with van der Waals surface area (Å²) in [6, 6.07) is 9.71. The van der Waals surface area contributed by atoms with Crippen molar-refractivity contribution < 1.29 is 9.90 Å². The van der Waals surface area contributed by atoms with Gasteiger partial charge in [0.25, 0.3) is 0 Å². The van der Waals surface area contributed by atoms with Crippen LogP contribution in [0.5, 0.6) is 0 Å². The van der Waals surface area contributed by atoms with E-state index < -0.39 is 5.97 Å². The standard InChI is InChI=1S/C13H6BrClO2S/c14-8-5-9-10(7-4-2-1-3-6(7)8)11(15)12(18-9)13(16)17/h1-5H,(H,16,17). The number of halogens is 2. The van der Waals surface area contributed by atoms with Crippen molar-refractivity contribution >= 4 is 65.7 Å². The molecule has 0 saturated carbocycles. The number of carboxylic acids is 1. The second-order valence-electron chi connectivity index (χ2n) is 3.83. The lowest BCUT2D eigenvalue weighted by molar-refractivity contribution is 0.0702. The summed E-state index contributed by atoms with van der Waals surface area (Å²) >= 11 is 10.9. The Kier molecular flexibility index (Phi) is 2.81. The normalized spacial score (nSPS) is 11.2. The third-order valence-corrected chi connectivity index (χ3v) is 5.05. The molecule has 1 N–H and O–H groups in total. The fourth-order valence-corrected chi connectivity index (χ4v) is 4.19. The average Bonchev–Trinajstić information content (AvgIpc) is 2.67. The predicted octanol–water partition coefficient (Wildman–Crippen LogP) is 5.17. The Bertz CT molecular complexity index is 794. The highest BCUT2D eigenvalue weighted by atomic mass is 79.9. The summed E-state index contributed by atoms with van der Waals surface area (Å²) < 4.78 is 1.82. The summed E-state index contributed by atoms with van der Waals surface area (Å²) in [4.78, 5) is 11.3. The minimum atomic E-state index is -0.985. The maximum atomic E-state index is 11.1. The first kappa shape index (κ1) is 12.0. The van der Waals surface area contributed by atoms with Crippen molar-refractivity contribution in [3.63, 3.8) is 0 Å². The van der Waals surface area contributed by atoms with Gasteiger partial charge in [0, 0.05) is 14.6 Å². The van der Waals surface area contributed by atoms with Crippen LogP contribution in [0.2, 0.25) is 5.02 Å². The number of carbonyl (C=O) groups is 1. The lowest BCUT2D eigenvalue weighted by atomic mass is 10.1. The molecule has 0 bridgehead atoms. The van der Waals surface area contributed by atoms with Gasteiger partial charge in [-0.3, -0.25) is 0 Å². The van der Waals surface area contributed by atoms with Gasteiger partial charge in [-0.15, -0.1) is 11.3 Å². The molecular formula is C13H6BrClO2S. The molecule has 0 aliphatic heterocycles. The highest BCUT2D eigenvalue weighted by Gasteiger charge is 2.18. The number of aromatic carboxylic acids is 1. The highest BCUT2D eigenvalue weighted by Crippen LogP contribution is 2.42. The molecule has 3 aromatic rings. The van der Waals surface area contributed by atoms with Crippen LogP contribution < -0.4 is 0 Å². The molecule has 0 spiro atoms. The van der Waals surface area contributed by atoms with Gasteiger partial charge in [0.1, 0.15) is 4.88 Å². The van der Waals surface area contributed by atoms with Gasteiger partial charge in [0.15, 0.2) is 0 Å². The zero-order valence-corrected chi connectivity index (χ0v) is 12.1. The van der Waals surface area contributed by atoms with E-state index in [0.29, 0.717) is 5.02 Å². The molecule has 0 amide bonds. The predicted molar refractivity (Wildman–Crippen MR) is 79.0 cm³/mol. The van der Waals surface area contributed by atoms with Crippen molar-refractivity contribution in [3.8, 4) is 0 Å². The summed E-state index contributed by atoms with van der Waals surface area (Å²) in [5.41, 5.74) is 0. The van der Waals surface area contributed by atoms with Crippen LogP contribution in [0.1, 0.15) is 9.67 Å². The van der Waals surface area contributed by atoms with E-state index in [1.54, 1.807) is 0 Å². The first-order chi connectivity index (χ1) is 8.59. The molecule has 2 aromatic carbocycles. The monoisotopic (exact) mass is 340 g/mol. The lowest BCUT2D eigenvalue weighted by Gasteiger charge is -2.02. The largest absolute Gasteiger partial charge is 0.477 e. The van der Waals surface area contributed by atoms with Gasteiger partial charge < -0.3 is 5.11 Å². The number of carboxylic acid groups (broad SMARTS) is 1. The van der Waals surface area contributed by atoms with E-state index in [9.17, 15) is 4.79 Å². The maximum absolute atomic E-state index is 11.1. The molecule has 0 unspecified atom stereocenters. The summed E-state index contributed by atoms with van der Waals surface area (Å²) in [5, 5.41) is 12.3. The molecule has 2 nitrogen and oxygen atoms in total. The molecule has 18 heavy (non-hydrogen) atoms. The van der Waals surface area contributed by atoms with Crippen molar-refractivity contribution in [3.05, 3.63) is 44.7 Å². The Hall–Kier alpha value is -1.10. The molecule has 5 heteroatoms. The molecule has 3 rings (SSSR count). The van der Waals surface area contributed by atoms with E-state index in [1.807, 2.05) is 30.3 Å². The van der Waals surface area contributed by atoms with Gasteiger partial charge in [0.05, 0.1) is 5.02 Å². The average molecular weight is 342 g/mol. The number of fused-ring (bicyclic) bond motifs is 3. The summed E-state index contributed by atoms with van der Waals surface area (Å²) in [6.07, 6.45) is 0. The Morgan fingerprint density at radius 3 is 2.61 bits per heavy atom. The van der Waals surface area contributed by atoms with Crippen molar-refractivity contribution in [2.75, 3.05) is 0 Å². The van der Waals surface area contributed by atoms with Gasteiger partial charge in [-0.1, -0.05) is 51.8 Å². The molecule has 90 valence electrons. The van der Waals surface area contributed by atoms with E-state index in [2.05, 4.69) is 15.9 Å². The molecule has 1 aromatic heterocycles. The van der Waals surface area contributed by atoms with Crippen molar-refractivity contribution in [2.24, 2.45) is 0 Å². The quantitative estimate of drug-likeness (QED) is 0.663. The molecule has 0 radical (unpaired) electrons. The first-order valence-electron chi connectivity index (χ1n) is 5.12. The molecule has 1 heterocycles. The van der Waals surface area contributed by atoms with Crippen LogP contribution >= 0.6 is 38.9 Å². The zero-order valence-electron chi connectivity index (χ0n) is 8.91. The molecule has 0 aliphatic carbocycles. The minimum absolute atomic E-state index is 0.190. The summed E-state index contributed by atoms with van der Waals surface area (Å²) in [7, 11) is 0. The molecule has 0 fully saturated rings. The highest BCUT2D eigenvalue weighted by molar-refractivity contribution is 9.10. The topological polar surface area (TPSA) is 37.3 Å². The van der Waals surface area contributed by atoms with Crippen LogP contribution in [-0.4, -0.2) is 11.1 Å². The number of thiophene rings is 1. The Labute approximate surface area is 120 Å². The van der Waals surface area contributed by atoms with E-state index in [4.69, 9.17) is 16.7 Å². The van der Waals surface area contributed by atoms with Gasteiger partial charge in [-0.2, -0.15) is 0 Å². The minimum Gasteiger partial charge on any atom is -0.477 e. The Morgan fingerprint density at radius 1 is 1.28 bits per heavy atom. The van der Waals surface area contributed by atoms with Crippen LogP contribution in [0.15, 0.2) is 34.8 Å².